The number of carbonyl (C=O) groups is 2. The minimum Gasteiger partial charge on any atom is -0.480 e. The lowest BCUT2D eigenvalue weighted by Crippen LogP contribution is -2.43. The number of methoxy groups -OCH3 is 1. The van der Waals surface area contributed by atoms with Crippen molar-refractivity contribution in [2.24, 2.45) is 0 Å². The SMILES string of the molecule is COCCN(CC(=O)O)C(=O)[C@@H]1CC[C@H](C)O1. The van der Waals surface area contributed by atoms with E-state index >= 15 is 0 Å². The Morgan fingerprint density at radius 2 is 2.18 bits per heavy atom. The second kappa shape index (κ2) is 6.56. The molecule has 0 aliphatic carbocycles. The Kier molecular flexibility index (Phi) is 5.37. The van der Waals surface area contributed by atoms with Crippen molar-refractivity contribution in [2.45, 2.75) is 32.0 Å². The van der Waals surface area contributed by atoms with Crippen molar-refractivity contribution in [3.63, 3.8) is 0 Å². The molecule has 98 valence electrons. The van der Waals surface area contributed by atoms with Gasteiger partial charge in [0.2, 0.25) is 0 Å². The van der Waals surface area contributed by atoms with Crippen molar-refractivity contribution in [1.82, 2.24) is 4.90 Å². The van der Waals surface area contributed by atoms with E-state index in [9.17, 15) is 9.59 Å². The van der Waals surface area contributed by atoms with Gasteiger partial charge >= 0.3 is 5.97 Å². The third kappa shape index (κ3) is 4.32. The Labute approximate surface area is 100 Å². The summed E-state index contributed by atoms with van der Waals surface area (Å²) < 4.78 is 10.3. The van der Waals surface area contributed by atoms with Crippen LogP contribution in [0.1, 0.15) is 19.8 Å². The van der Waals surface area contributed by atoms with Crippen LogP contribution >= 0.6 is 0 Å². The average molecular weight is 245 g/mol. The molecule has 1 heterocycles. The van der Waals surface area contributed by atoms with Crippen LogP contribution in [0.15, 0.2) is 0 Å². The molecule has 0 radical (unpaired) electrons. The van der Waals surface area contributed by atoms with Gasteiger partial charge in [0, 0.05) is 13.7 Å². The van der Waals surface area contributed by atoms with Crippen LogP contribution in [0.2, 0.25) is 0 Å². The van der Waals surface area contributed by atoms with E-state index in [1.807, 2.05) is 6.92 Å². The number of carbonyl (C=O) groups excluding carboxylic acids is 1. The molecule has 1 amide bonds. The lowest BCUT2D eigenvalue weighted by atomic mass is 10.2. The molecule has 1 aliphatic heterocycles. The van der Waals surface area contributed by atoms with E-state index < -0.39 is 12.1 Å². The van der Waals surface area contributed by atoms with Crippen molar-refractivity contribution in [2.75, 3.05) is 26.8 Å². The van der Waals surface area contributed by atoms with Crippen LogP contribution in [0.25, 0.3) is 0 Å². The summed E-state index contributed by atoms with van der Waals surface area (Å²) >= 11 is 0. The van der Waals surface area contributed by atoms with E-state index in [1.165, 1.54) is 12.0 Å². The van der Waals surface area contributed by atoms with Gasteiger partial charge in [-0.3, -0.25) is 9.59 Å². The molecule has 2 atom stereocenters. The maximum Gasteiger partial charge on any atom is 0.323 e. The number of ether oxygens (including phenoxy) is 2. The Hall–Kier alpha value is -1.14. The maximum absolute atomic E-state index is 12.0. The zero-order valence-corrected chi connectivity index (χ0v) is 10.2. The zero-order valence-electron chi connectivity index (χ0n) is 10.2. The van der Waals surface area contributed by atoms with Crippen LogP contribution in [0.3, 0.4) is 0 Å². The fourth-order valence-electron chi connectivity index (χ4n) is 1.82. The lowest BCUT2D eigenvalue weighted by molar-refractivity contribution is -0.150. The van der Waals surface area contributed by atoms with Gasteiger partial charge in [-0.05, 0) is 19.8 Å². The second-order valence-electron chi connectivity index (χ2n) is 4.16. The Morgan fingerprint density at radius 3 is 2.65 bits per heavy atom. The Bertz CT molecular complexity index is 281. The number of hydrogen-bond donors (Lipinski definition) is 1. The molecule has 0 spiro atoms. The predicted molar refractivity (Wildman–Crippen MR) is 59.7 cm³/mol. The number of aliphatic carboxylic acids is 1. The number of carboxylic acid groups (broad SMARTS) is 1. The van der Waals surface area contributed by atoms with E-state index in [1.54, 1.807) is 0 Å². The topological polar surface area (TPSA) is 76.1 Å². The normalized spacial score (nSPS) is 23.6. The van der Waals surface area contributed by atoms with Crippen LogP contribution < -0.4 is 0 Å². The molecular weight excluding hydrogens is 226 g/mol. The number of nitrogens with zero attached hydrogens (tertiary/aromatic N) is 1. The van der Waals surface area contributed by atoms with Gasteiger partial charge in [-0.15, -0.1) is 0 Å². The summed E-state index contributed by atoms with van der Waals surface area (Å²) in [5, 5.41) is 8.75. The monoisotopic (exact) mass is 245 g/mol. The summed E-state index contributed by atoms with van der Waals surface area (Å²) in [6.07, 6.45) is 1.06. The molecule has 1 rings (SSSR count). The van der Waals surface area contributed by atoms with Gasteiger partial charge < -0.3 is 19.5 Å². The number of carboxylic acids is 1. The molecule has 0 aromatic carbocycles. The first-order chi connectivity index (χ1) is 8.04. The highest BCUT2D eigenvalue weighted by atomic mass is 16.5. The van der Waals surface area contributed by atoms with Crippen LogP contribution in [0.5, 0.6) is 0 Å². The molecular formula is C11H19NO5. The van der Waals surface area contributed by atoms with Crippen molar-refractivity contribution in [1.29, 1.82) is 0 Å². The van der Waals surface area contributed by atoms with E-state index in [4.69, 9.17) is 14.6 Å². The molecule has 1 saturated heterocycles. The highest BCUT2D eigenvalue weighted by Gasteiger charge is 2.32. The third-order valence-corrected chi connectivity index (χ3v) is 2.71. The Morgan fingerprint density at radius 1 is 1.47 bits per heavy atom. The number of amides is 1. The summed E-state index contributed by atoms with van der Waals surface area (Å²) in [6, 6.07) is 0. The predicted octanol–water partition coefficient (Wildman–Crippen LogP) is 0.114. The van der Waals surface area contributed by atoms with Crippen molar-refractivity contribution in [3.05, 3.63) is 0 Å². The first kappa shape index (κ1) is 13.9. The van der Waals surface area contributed by atoms with Crippen LogP contribution in [0.4, 0.5) is 0 Å². The Balaban J connectivity index is 2.55. The second-order valence-corrected chi connectivity index (χ2v) is 4.16. The van der Waals surface area contributed by atoms with Crippen molar-refractivity contribution in [3.8, 4) is 0 Å². The van der Waals surface area contributed by atoms with Gasteiger partial charge in [0.05, 0.1) is 12.7 Å². The maximum atomic E-state index is 12.0. The minimum atomic E-state index is -1.03. The molecule has 0 bridgehead atoms. The third-order valence-electron chi connectivity index (χ3n) is 2.71. The lowest BCUT2D eigenvalue weighted by Gasteiger charge is -2.23. The summed E-state index contributed by atoms with van der Waals surface area (Å²) in [7, 11) is 1.51. The molecule has 0 saturated carbocycles. The minimum absolute atomic E-state index is 0.0676. The molecule has 0 aromatic heterocycles. The molecule has 6 heteroatoms. The summed E-state index contributed by atoms with van der Waals surface area (Å²) in [4.78, 5) is 24.0. The van der Waals surface area contributed by atoms with Crippen molar-refractivity contribution < 1.29 is 24.2 Å². The highest BCUT2D eigenvalue weighted by molar-refractivity contribution is 5.84. The quantitative estimate of drug-likeness (QED) is 0.719. The van der Waals surface area contributed by atoms with Gasteiger partial charge in [-0.2, -0.15) is 0 Å². The molecule has 0 unspecified atom stereocenters. The van der Waals surface area contributed by atoms with Gasteiger partial charge in [0.15, 0.2) is 0 Å². The summed E-state index contributed by atoms with van der Waals surface area (Å²) in [5.74, 6) is -1.28. The summed E-state index contributed by atoms with van der Waals surface area (Å²) in [5.41, 5.74) is 0. The van der Waals surface area contributed by atoms with Crippen LogP contribution in [0, 0.1) is 0 Å². The molecule has 1 N–H and O–H groups in total. The van der Waals surface area contributed by atoms with E-state index in [0.717, 1.165) is 6.42 Å². The van der Waals surface area contributed by atoms with E-state index in [0.29, 0.717) is 13.0 Å². The van der Waals surface area contributed by atoms with Gasteiger partial charge in [-0.1, -0.05) is 0 Å². The van der Waals surface area contributed by atoms with Gasteiger partial charge in [0.1, 0.15) is 12.6 Å². The van der Waals surface area contributed by atoms with Gasteiger partial charge in [0.25, 0.3) is 5.91 Å². The zero-order chi connectivity index (χ0) is 12.8. The van der Waals surface area contributed by atoms with Crippen LogP contribution in [-0.4, -0.2) is 60.9 Å². The van der Waals surface area contributed by atoms with E-state index in [-0.39, 0.29) is 25.1 Å². The molecule has 17 heavy (non-hydrogen) atoms. The molecule has 0 aromatic rings. The fraction of sp³-hybridized carbons (Fsp3) is 0.818. The highest BCUT2D eigenvalue weighted by Crippen LogP contribution is 2.20. The largest absolute Gasteiger partial charge is 0.480 e. The van der Waals surface area contributed by atoms with Crippen LogP contribution in [-0.2, 0) is 19.1 Å². The first-order valence-electron chi connectivity index (χ1n) is 5.69. The standard InChI is InChI=1S/C11H19NO5/c1-8-3-4-9(17-8)11(15)12(5-6-16-2)7-10(13)14/h8-9H,3-7H2,1-2H3,(H,13,14)/t8-,9-/m0/s1. The molecule has 1 fully saturated rings. The van der Waals surface area contributed by atoms with Gasteiger partial charge in [-0.25, -0.2) is 0 Å². The molecule has 1 aliphatic rings. The van der Waals surface area contributed by atoms with E-state index in [2.05, 4.69) is 0 Å². The number of hydrogen-bond acceptors (Lipinski definition) is 4. The number of rotatable bonds is 6. The fourth-order valence-corrected chi connectivity index (χ4v) is 1.82. The first-order valence-corrected chi connectivity index (χ1v) is 5.69. The molecule has 6 nitrogen and oxygen atoms in total. The smallest absolute Gasteiger partial charge is 0.323 e. The van der Waals surface area contributed by atoms with Crippen molar-refractivity contribution >= 4 is 11.9 Å². The average Bonchev–Trinajstić information content (AvgIpc) is 2.69. The summed E-state index contributed by atoms with van der Waals surface area (Å²) in [6.45, 7) is 2.19.